The molecular weight excluding hydrogens is 729 g/mol. The Balaban J connectivity index is 1.03. The van der Waals surface area contributed by atoms with Gasteiger partial charge in [-0.15, -0.1) is 0 Å². The molecule has 0 bridgehead atoms. The Morgan fingerprint density at radius 1 is 0.333 bits per heavy atom. The molecule has 0 fully saturated rings. The lowest BCUT2D eigenvalue weighted by atomic mass is 9.98. The number of fused-ring (bicyclic) bond motifs is 4. The summed E-state index contributed by atoms with van der Waals surface area (Å²) in [4.78, 5) is 13.1. The monoisotopic (exact) mass is 766 g/mol. The van der Waals surface area contributed by atoms with Crippen LogP contribution in [0.15, 0.2) is 231 Å². The van der Waals surface area contributed by atoms with Gasteiger partial charge >= 0.3 is 0 Å². The molecule has 0 atom stereocenters. The minimum absolute atomic E-state index is 0.843. The van der Waals surface area contributed by atoms with Crippen molar-refractivity contribution in [2.75, 3.05) is 4.90 Å². The minimum Gasteiger partial charge on any atom is -0.310 e. The predicted octanol–water partition coefficient (Wildman–Crippen LogP) is 14.9. The van der Waals surface area contributed by atoms with E-state index in [0.717, 1.165) is 67.4 Å². The number of rotatable bonds is 8. The molecule has 282 valence electrons. The molecule has 2 aromatic heterocycles. The van der Waals surface area contributed by atoms with Gasteiger partial charge in [-0.1, -0.05) is 164 Å². The van der Waals surface area contributed by atoms with Crippen molar-refractivity contribution in [2.45, 2.75) is 0 Å². The van der Waals surface area contributed by atoms with Crippen LogP contribution in [0.5, 0.6) is 0 Å². The summed E-state index contributed by atoms with van der Waals surface area (Å²) in [6.07, 6.45) is 0. The Morgan fingerprint density at radius 3 is 1.58 bits per heavy atom. The molecule has 0 saturated heterocycles. The van der Waals surface area contributed by atoms with E-state index in [-0.39, 0.29) is 0 Å². The smallest absolute Gasteiger partial charge is 0.0973 e. The lowest BCUT2D eigenvalue weighted by molar-refractivity contribution is 1.18. The Morgan fingerprint density at radius 2 is 0.850 bits per heavy atom. The van der Waals surface area contributed by atoms with Crippen molar-refractivity contribution >= 4 is 49.9 Å². The summed E-state index contributed by atoms with van der Waals surface area (Å²) in [5.74, 6) is 0. The third-order valence-corrected chi connectivity index (χ3v) is 11.4. The summed E-state index contributed by atoms with van der Waals surface area (Å²) >= 11 is 0. The molecule has 0 spiro atoms. The molecule has 0 aliphatic heterocycles. The van der Waals surface area contributed by atoms with Crippen molar-refractivity contribution in [1.29, 1.82) is 0 Å². The maximum Gasteiger partial charge on any atom is 0.0973 e. The van der Waals surface area contributed by atoms with Crippen LogP contribution in [0, 0.1) is 0 Å². The van der Waals surface area contributed by atoms with Crippen molar-refractivity contribution < 1.29 is 0 Å². The van der Waals surface area contributed by atoms with E-state index in [1.807, 2.05) is 12.1 Å². The average molecular weight is 767 g/mol. The van der Waals surface area contributed by atoms with Gasteiger partial charge in [0.05, 0.1) is 33.5 Å². The van der Waals surface area contributed by atoms with Gasteiger partial charge in [-0.2, -0.15) is 0 Å². The van der Waals surface area contributed by atoms with E-state index >= 15 is 0 Å². The maximum absolute atomic E-state index is 5.48. The van der Waals surface area contributed by atoms with E-state index in [4.69, 9.17) is 9.97 Å². The number of benzene rings is 9. The van der Waals surface area contributed by atoms with Crippen LogP contribution in [-0.4, -0.2) is 14.5 Å². The summed E-state index contributed by atoms with van der Waals surface area (Å²) in [6.45, 7) is 0. The number of anilines is 3. The molecule has 11 aromatic rings. The number of aromatic nitrogens is 3. The molecule has 4 nitrogen and oxygen atoms in total. The van der Waals surface area contributed by atoms with Crippen LogP contribution in [0.25, 0.3) is 83.3 Å². The van der Waals surface area contributed by atoms with E-state index in [0.29, 0.717) is 0 Å². The molecule has 0 saturated carbocycles. The van der Waals surface area contributed by atoms with Crippen molar-refractivity contribution in [3.63, 3.8) is 0 Å². The highest BCUT2D eigenvalue weighted by Crippen LogP contribution is 2.41. The molecular formula is C56H38N4. The van der Waals surface area contributed by atoms with Crippen molar-refractivity contribution in [1.82, 2.24) is 14.5 Å². The van der Waals surface area contributed by atoms with Crippen LogP contribution in [0.4, 0.5) is 17.1 Å². The van der Waals surface area contributed by atoms with Gasteiger partial charge in [0.25, 0.3) is 0 Å². The van der Waals surface area contributed by atoms with E-state index in [9.17, 15) is 0 Å². The fourth-order valence-electron chi connectivity index (χ4n) is 8.53. The number of nitrogens with zero attached hydrogens (tertiary/aromatic N) is 4. The zero-order valence-corrected chi connectivity index (χ0v) is 32.7. The van der Waals surface area contributed by atoms with E-state index in [2.05, 4.69) is 228 Å². The molecule has 0 N–H and O–H groups in total. The quantitative estimate of drug-likeness (QED) is 0.154. The van der Waals surface area contributed by atoms with Crippen LogP contribution < -0.4 is 4.90 Å². The third kappa shape index (κ3) is 6.28. The zero-order valence-electron chi connectivity index (χ0n) is 32.7. The molecule has 0 amide bonds. The second-order valence-corrected chi connectivity index (χ2v) is 15.0. The van der Waals surface area contributed by atoms with E-state index < -0.39 is 0 Å². The number of hydrogen-bond acceptors (Lipinski definition) is 3. The molecule has 9 aromatic carbocycles. The molecule has 4 heteroatoms. The molecule has 2 heterocycles. The third-order valence-electron chi connectivity index (χ3n) is 11.4. The maximum atomic E-state index is 5.48. The molecule has 0 unspecified atom stereocenters. The van der Waals surface area contributed by atoms with Crippen LogP contribution >= 0.6 is 0 Å². The fraction of sp³-hybridized carbons (Fsp3) is 0. The Hall–Kier alpha value is -8.08. The predicted molar refractivity (Wildman–Crippen MR) is 250 cm³/mol. The normalized spacial score (nSPS) is 11.3. The summed E-state index contributed by atoms with van der Waals surface area (Å²) < 4.78 is 2.36. The van der Waals surface area contributed by atoms with Gasteiger partial charge in [0, 0.05) is 50.2 Å². The Kier molecular flexibility index (Phi) is 8.79. The van der Waals surface area contributed by atoms with Crippen molar-refractivity contribution in [3.05, 3.63) is 231 Å². The van der Waals surface area contributed by atoms with Gasteiger partial charge in [0.2, 0.25) is 0 Å². The summed E-state index contributed by atoms with van der Waals surface area (Å²) in [5, 5.41) is 2.42. The molecule has 60 heavy (non-hydrogen) atoms. The Labute approximate surface area is 348 Å². The average Bonchev–Trinajstić information content (AvgIpc) is 3.66. The first-order valence-corrected chi connectivity index (χ1v) is 20.3. The Bertz CT molecular complexity index is 3270. The first kappa shape index (κ1) is 35.1. The standard InChI is InChI=1S/C56H38N4/c1-5-16-39(17-6-1)40-28-30-41(31-29-40)48-25-15-26-51-56(48)58-55(54(57-51)42-18-7-2-8-19-42)43-32-34-46(35-33-43)59(44-20-9-3-10-21-44)47-36-37-53-50(38-47)49-24-13-14-27-52(49)60(53)45-22-11-4-12-23-45/h1-38H. The zero-order chi connectivity index (χ0) is 39.8. The van der Waals surface area contributed by atoms with Crippen LogP contribution in [-0.2, 0) is 0 Å². The molecule has 0 aliphatic carbocycles. The van der Waals surface area contributed by atoms with Crippen molar-refractivity contribution in [2.24, 2.45) is 0 Å². The largest absolute Gasteiger partial charge is 0.310 e. The van der Waals surface area contributed by atoms with Crippen LogP contribution in [0.3, 0.4) is 0 Å². The lowest BCUT2D eigenvalue weighted by Gasteiger charge is -2.26. The van der Waals surface area contributed by atoms with E-state index in [1.165, 1.54) is 32.9 Å². The fourth-order valence-corrected chi connectivity index (χ4v) is 8.53. The summed E-state index contributed by atoms with van der Waals surface area (Å²) in [5.41, 5.74) is 16.7. The van der Waals surface area contributed by atoms with Crippen molar-refractivity contribution in [3.8, 4) is 50.5 Å². The first-order valence-electron chi connectivity index (χ1n) is 20.3. The molecule has 0 radical (unpaired) electrons. The highest BCUT2D eigenvalue weighted by atomic mass is 15.1. The van der Waals surface area contributed by atoms with Gasteiger partial charge in [-0.25, -0.2) is 9.97 Å². The second-order valence-electron chi connectivity index (χ2n) is 15.0. The van der Waals surface area contributed by atoms with E-state index in [1.54, 1.807) is 0 Å². The topological polar surface area (TPSA) is 34.0 Å². The minimum atomic E-state index is 0.843. The summed E-state index contributed by atoms with van der Waals surface area (Å²) in [6, 6.07) is 81.4. The van der Waals surface area contributed by atoms with Gasteiger partial charge in [-0.3, -0.25) is 0 Å². The van der Waals surface area contributed by atoms with Gasteiger partial charge in [0.15, 0.2) is 0 Å². The summed E-state index contributed by atoms with van der Waals surface area (Å²) in [7, 11) is 0. The highest BCUT2D eigenvalue weighted by molar-refractivity contribution is 6.10. The lowest BCUT2D eigenvalue weighted by Crippen LogP contribution is -2.09. The SMILES string of the molecule is c1ccc(-c2ccc(-c3cccc4nc(-c5ccccc5)c(-c5ccc(N(c6ccccc6)c6ccc7c(c6)c6ccccc6n7-c6ccccc6)cc5)nc34)cc2)cc1. The van der Waals surface area contributed by atoms with Crippen LogP contribution in [0.2, 0.25) is 0 Å². The number of hydrogen-bond donors (Lipinski definition) is 0. The molecule has 0 aliphatic rings. The van der Waals surface area contributed by atoms with Gasteiger partial charge < -0.3 is 9.47 Å². The first-order chi connectivity index (χ1) is 29.8. The van der Waals surface area contributed by atoms with Crippen LogP contribution in [0.1, 0.15) is 0 Å². The molecule has 11 rings (SSSR count). The van der Waals surface area contributed by atoms with Gasteiger partial charge in [-0.05, 0) is 83.4 Å². The number of para-hydroxylation sites is 4. The second kappa shape index (κ2) is 15.0. The van der Waals surface area contributed by atoms with Gasteiger partial charge in [0.1, 0.15) is 0 Å². The highest BCUT2D eigenvalue weighted by Gasteiger charge is 2.20.